The standard InChI is InChI=1S/C17H30O3.C17H28O3.C15H28O3.C15H26O3.C14H26O3/c2*1-4-5-6-7-15-14(8-9-16(15)18)12-17(19)20-11-10-13(2)3;2*1-3-5-6-7-13-12(8-9-14(13)16)11-15(17)18-10-4-2;1-3-5-6-7-12-11(8-9-13(12)15)10-14(16)17-4-2/h10,14-16,18H,4-9,11-12H2,1-3H3;10,14-15H,4-9,11-12H2,1-3H3;12-14,16H,3-11H2,1-2H3;12-13H,3-11H2,1-2H3;11-13,15H,3-10H2,1-2H3. The minimum absolute atomic E-state index is 0.0866. The zero-order valence-electron chi connectivity index (χ0n) is 61.1. The van der Waals surface area contributed by atoms with Gasteiger partial charge in [-0.3, -0.25) is 33.6 Å². The maximum atomic E-state index is 11.9. The van der Waals surface area contributed by atoms with Crippen LogP contribution < -0.4 is 0 Å². The van der Waals surface area contributed by atoms with Crippen molar-refractivity contribution >= 4 is 41.4 Å². The van der Waals surface area contributed by atoms with Gasteiger partial charge < -0.3 is 39.0 Å². The van der Waals surface area contributed by atoms with Crippen molar-refractivity contribution in [2.45, 2.75) is 339 Å². The zero-order chi connectivity index (χ0) is 69.3. The van der Waals surface area contributed by atoms with Crippen molar-refractivity contribution in [3.63, 3.8) is 0 Å². The first-order valence-corrected chi connectivity index (χ1v) is 37.8. The number of hydrogen-bond donors (Lipinski definition) is 3. The topological polar surface area (TPSA) is 226 Å². The summed E-state index contributed by atoms with van der Waals surface area (Å²) < 4.78 is 25.7. The van der Waals surface area contributed by atoms with E-state index in [1.165, 1.54) is 64.2 Å². The number of carbonyl (C=O) groups excluding carboxylic acids is 7. The van der Waals surface area contributed by atoms with Gasteiger partial charge in [0.1, 0.15) is 24.8 Å². The van der Waals surface area contributed by atoms with Crippen LogP contribution in [0.2, 0.25) is 0 Å². The predicted molar refractivity (Wildman–Crippen MR) is 373 cm³/mol. The summed E-state index contributed by atoms with van der Waals surface area (Å²) in [7, 11) is 0. The average molecular weight is 1320 g/mol. The SMILES string of the molecule is CCCCCC1C(=O)CCC1CC(=O)OCC=C(C)C.CCCCCC1C(=O)CCC1CC(=O)OCCC.CCCCCC1C(O)CCC1CC(=O)OCC.CCCCCC1C(O)CCC1CC(=O)OCC=C(C)C.CCCCCC1C(O)CCC1CC(=O)OCCC. The Bertz CT molecular complexity index is 2080. The van der Waals surface area contributed by atoms with Crippen LogP contribution in [0.4, 0.5) is 0 Å². The van der Waals surface area contributed by atoms with Crippen LogP contribution in [0.1, 0.15) is 321 Å². The molecule has 0 aromatic heterocycles. The highest BCUT2D eigenvalue weighted by Crippen LogP contribution is 2.41. The first-order chi connectivity index (χ1) is 44.6. The van der Waals surface area contributed by atoms with Crippen molar-refractivity contribution < 1.29 is 72.6 Å². The van der Waals surface area contributed by atoms with E-state index in [-0.39, 0.29) is 77.7 Å². The monoisotopic (exact) mass is 1320 g/mol. The molecule has 5 saturated carbocycles. The lowest BCUT2D eigenvalue weighted by Crippen LogP contribution is -2.22. The summed E-state index contributed by atoms with van der Waals surface area (Å²) >= 11 is 0. The molecule has 0 saturated heterocycles. The number of unbranched alkanes of at least 4 members (excludes halogenated alkanes) is 10. The molecule has 5 aliphatic carbocycles. The van der Waals surface area contributed by atoms with Crippen LogP contribution in [0, 0.1) is 59.2 Å². The Morgan fingerprint density at radius 2 is 0.634 bits per heavy atom. The van der Waals surface area contributed by atoms with Gasteiger partial charge in [0.25, 0.3) is 0 Å². The molecule has 5 rings (SSSR count). The third-order valence-electron chi connectivity index (χ3n) is 19.8. The van der Waals surface area contributed by atoms with Gasteiger partial charge in [0.2, 0.25) is 0 Å². The molecule has 3 N–H and O–H groups in total. The third kappa shape index (κ3) is 39.1. The summed E-state index contributed by atoms with van der Waals surface area (Å²) in [6.45, 7) is 26.8. The highest BCUT2D eigenvalue weighted by Gasteiger charge is 2.40. The Hall–Kier alpha value is -3.95. The van der Waals surface area contributed by atoms with E-state index in [0.717, 1.165) is 140 Å². The summed E-state index contributed by atoms with van der Waals surface area (Å²) in [5, 5.41) is 30.0. The number of rotatable bonds is 39. The number of aliphatic hydroxyl groups is 3. The molecule has 0 radical (unpaired) electrons. The number of allylic oxidation sites excluding steroid dienone is 2. The average Bonchev–Trinajstić information content (AvgIpc) is 1.88. The van der Waals surface area contributed by atoms with Gasteiger partial charge in [-0.15, -0.1) is 0 Å². The van der Waals surface area contributed by atoms with E-state index < -0.39 is 0 Å². The smallest absolute Gasteiger partial charge is 0.306 e. The van der Waals surface area contributed by atoms with E-state index >= 15 is 0 Å². The molecule has 0 bridgehead atoms. The summed E-state index contributed by atoms with van der Waals surface area (Å²) in [6.07, 6.45) is 38.3. The number of ketones is 2. The van der Waals surface area contributed by atoms with Crippen LogP contribution >= 0.6 is 0 Å². The zero-order valence-corrected chi connectivity index (χ0v) is 61.1. The molecule has 0 spiro atoms. The molecule has 13 unspecified atom stereocenters. The molecule has 5 fully saturated rings. The van der Waals surface area contributed by atoms with Crippen molar-refractivity contribution in [1.29, 1.82) is 0 Å². The fraction of sp³-hybridized carbons (Fsp3) is 0.859. The van der Waals surface area contributed by atoms with Crippen LogP contribution in [-0.2, 0) is 57.2 Å². The highest BCUT2D eigenvalue weighted by molar-refractivity contribution is 5.85. The van der Waals surface area contributed by atoms with E-state index in [4.69, 9.17) is 23.7 Å². The van der Waals surface area contributed by atoms with E-state index in [1.807, 2.05) is 60.6 Å². The molecule has 0 heterocycles. The van der Waals surface area contributed by atoms with Crippen molar-refractivity contribution in [1.82, 2.24) is 0 Å². The van der Waals surface area contributed by atoms with Crippen LogP contribution in [0.25, 0.3) is 0 Å². The Balaban J connectivity index is 0.000000582. The number of aliphatic hydroxyl groups excluding tert-OH is 3. The van der Waals surface area contributed by atoms with Gasteiger partial charge in [0.05, 0.1) is 38.1 Å². The van der Waals surface area contributed by atoms with Gasteiger partial charge in [0, 0.05) is 56.8 Å². The second-order valence-electron chi connectivity index (χ2n) is 28.1. The number of hydrogen-bond acceptors (Lipinski definition) is 15. The molecule has 0 amide bonds. The molecule has 0 aliphatic heterocycles. The Labute approximate surface area is 566 Å². The van der Waals surface area contributed by atoms with Crippen molar-refractivity contribution in [2.24, 2.45) is 59.2 Å². The number of ether oxygens (including phenoxy) is 5. The van der Waals surface area contributed by atoms with Gasteiger partial charge in [-0.2, -0.15) is 0 Å². The second kappa shape index (κ2) is 54.1. The summed E-state index contributed by atoms with van der Waals surface area (Å²) in [5.41, 5.74) is 2.30. The Morgan fingerprint density at radius 3 is 0.914 bits per heavy atom. The molecule has 0 aromatic carbocycles. The van der Waals surface area contributed by atoms with E-state index in [0.29, 0.717) is 119 Å². The van der Waals surface area contributed by atoms with E-state index in [1.54, 1.807) is 0 Å². The third-order valence-corrected chi connectivity index (χ3v) is 19.8. The largest absolute Gasteiger partial charge is 0.466 e. The summed E-state index contributed by atoms with van der Waals surface area (Å²) in [4.78, 5) is 82.1. The molecule has 93 heavy (non-hydrogen) atoms. The fourth-order valence-electron chi connectivity index (χ4n) is 14.3. The van der Waals surface area contributed by atoms with Gasteiger partial charge in [-0.1, -0.05) is 156 Å². The minimum atomic E-state index is -0.220. The van der Waals surface area contributed by atoms with Crippen LogP contribution in [0.3, 0.4) is 0 Å². The van der Waals surface area contributed by atoms with Gasteiger partial charge >= 0.3 is 29.8 Å². The maximum Gasteiger partial charge on any atom is 0.306 e. The van der Waals surface area contributed by atoms with Crippen LogP contribution in [0.15, 0.2) is 23.3 Å². The maximum absolute atomic E-state index is 11.9. The lowest BCUT2D eigenvalue weighted by molar-refractivity contribution is -0.146. The fourth-order valence-corrected chi connectivity index (χ4v) is 14.3. The number of Topliss-reactive ketones (excluding diaryl/α,β-unsaturated/α-hetero) is 2. The van der Waals surface area contributed by atoms with Crippen molar-refractivity contribution in [3.8, 4) is 0 Å². The first kappa shape index (κ1) is 87.1. The minimum Gasteiger partial charge on any atom is -0.466 e. The molecular weight excluding hydrogens is 1180 g/mol. The predicted octanol–water partition coefficient (Wildman–Crippen LogP) is 17.6. The van der Waals surface area contributed by atoms with Gasteiger partial charge in [-0.25, -0.2) is 0 Å². The lowest BCUT2D eigenvalue weighted by atomic mass is 9.87. The molecule has 15 nitrogen and oxygen atoms in total. The van der Waals surface area contributed by atoms with Crippen LogP contribution in [0.5, 0.6) is 0 Å². The quantitative estimate of drug-likeness (QED) is 0.0225. The van der Waals surface area contributed by atoms with Gasteiger partial charge in [-0.05, 0) is 190 Å². The second-order valence-corrected chi connectivity index (χ2v) is 28.1. The Kier molecular flexibility index (Phi) is 50.6. The molecule has 0 aromatic rings. The normalized spacial score (nSPS) is 25.2. The number of esters is 5. The van der Waals surface area contributed by atoms with Crippen molar-refractivity contribution in [3.05, 3.63) is 23.3 Å². The number of carbonyl (C=O) groups is 7. The van der Waals surface area contributed by atoms with E-state index in [9.17, 15) is 48.9 Å². The van der Waals surface area contributed by atoms with Gasteiger partial charge in [0.15, 0.2) is 0 Å². The summed E-state index contributed by atoms with van der Waals surface area (Å²) in [5.74, 6) is 2.64. The highest BCUT2D eigenvalue weighted by atomic mass is 16.5. The van der Waals surface area contributed by atoms with Crippen molar-refractivity contribution in [2.75, 3.05) is 33.0 Å². The Morgan fingerprint density at radius 1 is 0.355 bits per heavy atom. The molecule has 15 heteroatoms. The summed E-state index contributed by atoms with van der Waals surface area (Å²) in [6, 6.07) is 0. The lowest BCUT2D eigenvalue weighted by Gasteiger charge is -2.21. The molecule has 13 atom stereocenters. The first-order valence-electron chi connectivity index (χ1n) is 37.8. The molecule has 5 aliphatic rings. The molecular formula is C78H138O15. The molecule has 540 valence electrons. The van der Waals surface area contributed by atoms with Crippen LogP contribution in [-0.4, -0.2) is 108 Å². The van der Waals surface area contributed by atoms with E-state index in [2.05, 4.69) is 34.6 Å².